The molecule has 0 radical (unpaired) electrons. The third kappa shape index (κ3) is 4.44. The number of carbonyl (C=O) groups is 2. The maximum atomic E-state index is 12.5. The Labute approximate surface area is 144 Å². The highest BCUT2D eigenvalue weighted by Crippen LogP contribution is 2.30. The van der Waals surface area contributed by atoms with Gasteiger partial charge in [-0.15, -0.1) is 0 Å². The van der Waals surface area contributed by atoms with Crippen molar-refractivity contribution in [3.63, 3.8) is 0 Å². The number of ketones is 1. The molecule has 2 heterocycles. The van der Waals surface area contributed by atoms with Crippen molar-refractivity contribution < 1.29 is 19.4 Å². The molecule has 0 aromatic carbocycles. The topological polar surface area (TPSA) is 63.6 Å². The first-order valence-corrected chi connectivity index (χ1v) is 8.70. The smallest absolute Gasteiger partial charge is 0.334 e. The van der Waals surface area contributed by atoms with Crippen molar-refractivity contribution in [3.05, 3.63) is 35.5 Å². The van der Waals surface area contributed by atoms with Crippen LogP contribution in [0.25, 0.3) is 0 Å². The summed E-state index contributed by atoms with van der Waals surface area (Å²) in [7, 11) is 0. The number of rotatable bonds is 1. The summed E-state index contributed by atoms with van der Waals surface area (Å²) in [4.78, 5) is 25.0. The van der Waals surface area contributed by atoms with E-state index in [9.17, 15) is 14.7 Å². The molecule has 132 valence electrons. The van der Waals surface area contributed by atoms with Gasteiger partial charge < -0.3 is 9.84 Å². The molecule has 2 aliphatic heterocycles. The normalized spacial score (nSPS) is 32.2. The van der Waals surface area contributed by atoms with Gasteiger partial charge in [-0.1, -0.05) is 31.6 Å². The third-order valence-corrected chi connectivity index (χ3v) is 4.91. The second-order valence-electron chi connectivity index (χ2n) is 7.58. The van der Waals surface area contributed by atoms with Crippen LogP contribution in [0.5, 0.6) is 0 Å². The zero-order valence-corrected chi connectivity index (χ0v) is 15.1. The number of ether oxygens (including phenoxy) is 1. The van der Waals surface area contributed by atoms with E-state index < -0.39 is 17.2 Å². The van der Waals surface area contributed by atoms with Crippen molar-refractivity contribution in [1.29, 1.82) is 0 Å². The summed E-state index contributed by atoms with van der Waals surface area (Å²) in [6.07, 6.45) is 9.70. The number of hydrogen-bond acceptors (Lipinski definition) is 4. The fraction of sp³-hybridized carbons (Fsp3) is 0.600. The zero-order valence-electron chi connectivity index (χ0n) is 15.1. The van der Waals surface area contributed by atoms with Gasteiger partial charge in [0.15, 0.2) is 11.4 Å². The van der Waals surface area contributed by atoms with Crippen LogP contribution in [-0.4, -0.2) is 28.1 Å². The predicted octanol–water partition coefficient (Wildman–Crippen LogP) is 3.65. The van der Waals surface area contributed by atoms with Crippen molar-refractivity contribution in [1.82, 2.24) is 0 Å². The summed E-state index contributed by atoms with van der Waals surface area (Å²) in [5.41, 5.74) is -0.412. The summed E-state index contributed by atoms with van der Waals surface area (Å²) in [5, 5.41) is 10.5. The van der Waals surface area contributed by atoms with Gasteiger partial charge in [-0.25, -0.2) is 4.79 Å². The fourth-order valence-corrected chi connectivity index (χ4v) is 3.05. The summed E-state index contributed by atoms with van der Waals surface area (Å²) in [6.45, 7) is 7.55. The van der Waals surface area contributed by atoms with Crippen LogP contribution in [0.2, 0.25) is 0 Å². The van der Waals surface area contributed by atoms with Crippen molar-refractivity contribution in [2.45, 2.75) is 71.0 Å². The second-order valence-corrected chi connectivity index (χ2v) is 7.58. The molecule has 1 N–H and O–H groups in total. The van der Waals surface area contributed by atoms with Gasteiger partial charge in [0.2, 0.25) is 0 Å². The monoisotopic (exact) mass is 332 g/mol. The lowest BCUT2D eigenvalue weighted by atomic mass is 9.89. The molecular weight excluding hydrogens is 304 g/mol. The van der Waals surface area contributed by atoms with E-state index in [4.69, 9.17) is 4.74 Å². The zero-order chi connectivity index (χ0) is 18.0. The van der Waals surface area contributed by atoms with E-state index in [-0.39, 0.29) is 5.78 Å². The first-order valence-electron chi connectivity index (χ1n) is 8.70. The molecule has 2 rings (SSSR count). The van der Waals surface area contributed by atoms with Crippen LogP contribution in [0.3, 0.4) is 0 Å². The molecule has 0 unspecified atom stereocenters. The van der Waals surface area contributed by atoms with Crippen LogP contribution >= 0.6 is 0 Å². The van der Waals surface area contributed by atoms with Gasteiger partial charge in [-0.2, -0.15) is 0 Å². The Kier molecular flexibility index (Phi) is 5.49. The molecule has 2 bridgehead atoms. The summed E-state index contributed by atoms with van der Waals surface area (Å²) in [5.74, 6) is -0.340. The lowest BCUT2D eigenvalue weighted by molar-refractivity contribution is -0.160. The highest BCUT2D eigenvalue weighted by atomic mass is 16.6. The highest BCUT2D eigenvalue weighted by Gasteiger charge is 2.38. The molecular formula is C20H28O4. The maximum Gasteiger partial charge on any atom is 0.334 e. The molecule has 0 saturated carbocycles. The molecule has 4 heteroatoms. The predicted molar refractivity (Wildman–Crippen MR) is 93.4 cm³/mol. The number of fused-ring (bicyclic) bond motifs is 3. The molecule has 4 nitrogen and oxygen atoms in total. The van der Waals surface area contributed by atoms with E-state index in [1.165, 1.54) is 17.7 Å². The number of carbonyl (C=O) groups excluding carboxylic acids is 2. The Morgan fingerprint density at radius 1 is 1.17 bits per heavy atom. The minimum Gasteiger partial charge on any atom is -0.448 e. The Morgan fingerprint density at radius 3 is 2.54 bits per heavy atom. The van der Waals surface area contributed by atoms with E-state index in [0.717, 1.165) is 6.42 Å². The molecule has 0 amide bonds. The van der Waals surface area contributed by atoms with Crippen LogP contribution in [0.1, 0.15) is 59.8 Å². The maximum absolute atomic E-state index is 12.5. The second kappa shape index (κ2) is 7.06. The van der Waals surface area contributed by atoms with Crippen molar-refractivity contribution in [2.75, 3.05) is 0 Å². The van der Waals surface area contributed by atoms with Crippen molar-refractivity contribution in [3.8, 4) is 0 Å². The first kappa shape index (κ1) is 18.7. The lowest BCUT2D eigenvalue weighted by Crippen LogP contribution is -2.39. The molecule has 0 saturated heterocycles. The summed E-state index contributed by atoms with van der Waals surface area (Å²) >= 11 is 0. The Morgan fingerprint density at radius 2 is 1.88 bits per heavy atom. The molecule has 0 aliphatic carbocycles. The van der Waals surface area contributed by atoms with Gasteiger partial charge in [-0.3, -0.25) is 4.79 Å². The van der Waals surface area contributed by atoms with Crippen LogP contribution in [0.4, 0.5) is 0 Å². The van der Waals surface area contributed by atoms with E-state index in [0.29, 0.717) is 37.2 Å². The number of allylic oxidation sites excluding steroid dienone is 2. The molecule has 24 heavy (non-hydrogen) atoms. The minimum absolute atomic E-state index is 0.280. The van der Waals surface area contributed by atoms with Crippen molar-refractivity contribution >= 4 is 11.8 Å². The van der Waals surface area contributed by atoms with Gasteiger partial charge in [0.05, 0.1) is 5.60 Å². The van der Waals surface area contributed by atoms with Crippen LogP contribution in [-0.2, 0) is 14.3 Å². The molecule has 0 spiro atoms. The molecule has 0 fully saturated rings. The quantitative estimate of drug-likeness (QED) is 0.588. The van der Waals surface area contributed by atoms with Gasteiger partial charge >= 0.3 is 5.97 Å². The Hall–Kier alpha value is -1.68. The number of esters is 1. The van der Waals surface area contributed by atoms with Gasteiger partial charge in [-0.05, 0) is 64.0 Å². The van der Waals surface area contributed by atoms with Gasteiger partial charge in [0, 0.05) is 5.57 Å². The molecule has 2 aliphatic rings. The Bertz CT molecular complexity index is 607. The van der Waals surface area contributed by atoms with Crippen LogP contribution < -0.4 is 0 Å². The fourth-order valence-electron chi connectivity index (χ4n) is 3.05. The average molecular weight is 332 g/mol. The summed E-state index contributed by atoms with van der Waals surface area (Å²) < 4.78 is 5.54. The van der Waals surface area contributed by atoms with Crippen molar-refractivity contribution in [2.24, 2.45) is 5.92 Å². The van der Waals surface area contributed by atoms with Gasteiger partial charge in [0.25, 0.3) is 0 Å². The first-order chi connectivity index (χ1) is 11.1. The standard InChI is InChI=1S/C20H28O4/c1-14(2)15-7-8-16-6-5-11-20(4,24-18(16)22)17(21)10-13-19(3,23)12-9-15/h6,9-10,13-14,23H,5,7-8,11-12H2,1-4H3/t19-,20-/m0/s1. The van der Waals surface area contributed by atoms with E-state index in [1.807, 2.05) is 12.2 Å². The summed E-state index contributed by atoms with van der Waals surface area (Å²) in [6, 6.07) is 0. The van der Waals surface area contributed by atoms with Gasteiger partial charge in [0.1, 0.15) is 0 Å². The third-order valence-electron chi connectivity index (χ3n) is 4.91. The number of hydrogen-bond donors (Lipinski definition) is 1. The molecule has 0 aromatic rings. The molecule has 2 atom stereocenters. The lowest BCUT2D eigenvalue weighted by Gasteiger charge is -2.25. The number of aliphatic hydroxyl groups is 1. The van der Waals surface area contributed by atoms with E-state index in [2.05, 4.69) is 13.8 Å². The SMILES string of the molecule is CC(C)C1=CC[C@](C)(O)C=CC(=O)[C@]2(C)CCC=C(CC1)C(=O)O2. The van der Waals surface area contributed by atoms with Crippen LogP contribution in [0.15, 0.2) is 35.5 Å². The van der Waals surface area contributed by atoms with E-state index >= 15 is 0 Å². The highest BCUT2D eigenvalue weighted by molar-refractivity contribution is 6.00. The average Bonchev–Trinajstić information content (AvgIpc) is 2.63. The van der Waals surface area contributed by atoms with E-state index in [1.54, 1.807) is 13.8 Å². The minimum atomic E-state index is -1.16. The Balaban J connectivity index is 2.41. The van der Waals surface area contributed by atoms with Crippen LogP contribution in [0, 0.1) is 5.92 Å². The molecule has 0 aromatic heterocycles. The largest absolute Gasteiger partial charge is 0.448 e.